The van der Waals surface area contributed by atoms with Crippen LogP contribution in [0.4, 0.5) is 0 Å². The standard InChI is InChI=1S/C43H76O5Si2/c1-30(29-46-39-17-15-16-25-45-39)23-26-44-31(2)35-20-21-36-34-19-18-32-27-33(47-49(11,12)40(3,4)5)28-38(48-50(13,14)41(6,7)8)43(32,10)37(34)22-24-42(35,36)9/h18-19,23,31,33,35-39H,15-17,20-22,24-29H2,1-14H3/b30-23+/t31-,33+,35+,36-,37-,38-,39?,42+,43-/m0/s1. The van der Waals surface area contributed by atoms with E-state index in [0.717, 1.165) is 32.3 Å². The normalized spacial score (nSPS) is 36.2. The summed E-state index contributed by atoms with van der Waals surface area (Å²) in [6, 6.07) is 0. The Kier molecular flexibility index (Phi) is 12.1. The molecule has 7 heteroatoms. The van der Waals surface area contributed by atoms with E-state index in [1.54, 1.807) is 11.1 Å². The van der Waals surface area contributed by atoms with Gasteiger partial charge in [-0.3, -0.25) is 0 Å². The Hall–Kier alpha value is -0.546. The predicted molar refractivity (Wildman–Crippen MR) is 213 cm³/mol. The Labute approximate surface area is 310 Å². The molecule has 0 aromatic rings. The highest BCUT2D eigenvalue weighted by Gasteiger charge is 2.61. The lowest BCUT2D eigenvalue weighted by Gasteiger charge is -2.59. The molecular formula is C43H76O5Si2. The van der Waals surface area contributed by atoms with Gasteiger partial charge in [0.2, 0.25) is 0 Å². The minimum Gasteiger partial charge on any atom is -0.414 e. The molecule has 0 aromatic heterocycles. The molecule has 5 rings (SSSR count). The van der Waals surface area contributed by atoms with E-state index in [2.05, 4.69) is 114 Å². The molecule has 1 heterocycles. The molecule has 0 aromatic carbocycles. The second-order valence-corrected chi connectivity index (χ2v) is 30.0. The lowest BCUT2D eigenvalue weighted by molar-refractivity contribution is -0.156. The quantitative estimate of drug-likeness (QED) is 0.157. The highest BCUT2D eigenvalue weighted by molar-refractivity contribution is 6.74. The van der Waals surface area contributed by atoms with Crippen molar-refractivity contribution in [1.29, 1.82) is 0 Å². The van der Waals surface area contributed by atoms with E-state index in [1.165, 1.54) is 37.7 Å². The van der Waals surface area contributed by atoms with E-state index in [1.807, 2.05) is 0 Å². The zero-order valence-electron chi connectivity index (χ0n) is 34.8. The number of hydrogen-bond donors (Lipinski definition) is 0. The number of rotatable bonds is 11. The van der Waals surface area contributed by atoms with Crippen molar-refractivity contribution in [3.05, 3.63) is 34.9 Å². The summed E-state index contributed by atoms with van der Waals surface area (Å²) in [6.45, 7) is 35.8. The lowest BCUT2D eigenvalue weighted by atomic mass is 9.49. The van der Waals surface area contributed by atoms with E-state index < -0.39 is 16.6 Å². The number of ether oxygens (including phenoxy) is 3. The molecule has 0 bridgehead atoms. The molecule has 4 aliphatic carbocycles. The monoisotopic (exact) mass is 729 g/mol. The molecule has 1 saturated heterocycles. The van der Waals surface area contributed by atoms with Gasteiger partial charge in [0.25, 0.3) is 0 Å². The van der Waals surface area contributed by atoms with Gasteiger partial charge in [0.1, 0.15) is 0 Å². The number of fused-ring (bicyclic) bond motifs is 5. The van der Waals surface area contributed by atoms with Crippen molar-refractivity contribution in [2.45, 2.75) is 188 Å². The van der Waals surface area contributed by atoms with Gasteiger partial charge in [-0.2, -0.15) is 0 Å². The van der Waals surface area contributed by atoms with Crippen molar-refractivity contribution < 1.29 is 23.1 Å². The topological polar surface area (TPSA) is 46.2 Å². The van der Waals surface area contributed by atoms with E-state index in [0.29, 0.717) is 31.0 Å². The summed E-state index contributed by atoms with van der Waals surface area (Å²) in [6.07, 6.45) is 18.4. The largest absolute Gasteiger partial charge is 0.414 e. The highest BCUT2D eigenvalue weighted by atomic mass is 28.4. The fraction of sp³-hybridized carbons (Fsp3) is 0.860. The van der Waals surface area contributed by atoms with Crippen molar-refractivity contribution in [2.75, 3.05) is 19.8 Å². The number of hydrogen-bond acceptors (Lipinski definition) is 5. The summed E-state index contributed by atoms with van der Waals surface area (Å²) < 4.78 is 33.1. The molecule has 4 fully saturated rings. The van der Waals surface area contributed by atoms with Gasteiger partial charge in [-0.1, -0.05) is 84.8 Å². The Morgan fingerprint density at radius 1 is 0.920 bits per heavy atom. The third-order valence-corrected chi connectivity index (χ3v) is 24.2. The smallest absolute Gasteiger partial charge is 0.192 e. The van der Waals surface area contributed by atoms with Crippen LogP contribution in [0.5, 0.6) is 0 Å². The Morgan fingerprint density at radius 2 is 1.60 bits per heavy atom. The molecule has 0 spiro atoms. The maximum absolute atomic E-state index is 7.57. The summed E-state index contributed by atoms with van der Waals surface area (Å²) in [5.41, 5.74) is 4.80. The van der Waals surface area contributed by atoms with E-state index in [-0.39, 0.29) is 45.5 Å². The molecule has 3 saturated carbocycles. The van der Waals surface area contributed by atoms with Crippen molar-refractivity contribution in [3.8, 4) is 0 Å². The van der Waals surface area contributed by atoms with Crippen LogP contribution in [-0.2, 0) is 23.1 Å². The lowest BCUT2D eigenvalue weighted by Crippen LogP contribution is -2.58. The minimum absolute atomic E-state index is 0.0154. The Balaban J connectivity index is 1.33. The molecule has 50 heavy (non-hydrogen) atoms. The highest BCUT2D eigenvalue weighted by Crippen LogP contribution is 2.66. The van der Waals surface area contributed by atoms with Gasteiger partial charge in [-0.15, -0.1) is 0 Å². The van der Waals surface area contributed by atoms with Crippen molar-refractivity contribution in [2.24, 2.45) is 28.6 Å². The van der Waals surface area contributed by atoms with Gasteiger partial charge >= 0.3 is 0 Å². The molecule has 1 unspecified atom stereocenters. The van der Waals surface area contributed by atoms with Crippen molar-refractivity contribution in [3.63, 3.8) is 0 Å². The molecule has 5 aliphatic rings. The summed E-state index contributed by atoms with van der Waals surface area (Å²) >= 11 is 0. The molecule has 0 radical (unpaired) electrons. The first-order valence-corrected chi connectivity index (χ1v) is 26.2. The first-order chi connectivity index (χ1) is 23.1. The van der Waals surface area contributed by atoms with Gasteiger partial charge in [0, 0.05) is 12.0 Å². The van der Waals surface area contributed by atoms with E-state index in [9.17, 15) is 0 Å². The van der Waals surface area contributed by atoms with E-state index >= 15 is 0 Å². The first-order valence-electron chi connectivity index (χ1n) is 20.4. The average molecular weight is 729 g/mol. The summed E-state index contributed by atoms with van der Waals surface area (Å²) in [4.78, 5) is 0. The van der Waals surface area contributed by atoms with Crippen LogP contribution in [0.1, 0.15) is 127 Å². The SMILES string of the molecule is C/C(=C\CO[C@@H](C)[C@H]1CC[C@H]2C3=CC=C4C[C@@H](O[Si](C)(C)C(C)(C)C)C[C@H](O[Si](C)(C)C(C)(C)C)[C@]4(C)[C@H]3CC[C@]12C)COC1CCCCO1. The fourth-order valence-electron chi connectivity index (χ4n) is 9.79. The molecule has 1 aliphatic heterocycles. The van der Waals surface area contributed by atoms with Crippen LogP contribution in [0.25, 0.3) is 0 Å². The molecule has 5 nitrogen and oxygen atoms in total. The molecule has 0 N–H and O–H groups in total. The van der Waals surface area contributed by atoms with Crippen LogP contribution in [0.2, 0.25) is 36.3 Å². The summed E-state index contributed by atoms with van der Waals surface area (Å²) in [7, 11) is -3.95. The van der Waals surface area contributed by atoms with Crippen LogP contribution < -0.4 is 0 Å². The average Bonchev–Trinajstić information content (AvgIpc) is 3.37. The maximum atomic E-state index is 7.57. The predicted octanol–water partition coefficient (Wildman–Crippen LogP) is 11.8. The second kappa shape index (κ2) is 14.9. The minimum atomic E-state index is -2.03. The molecule has 0 amide bonds. The van der Waals surface area contributed by atoms with Crippen molar-refractivity contribution >= 4 is 16.6 Å². The fourth-order valence-corrected chi connectivity index (χ4v) is 12.6. The third-order valence-electron chi connectivity index (χ3n) is 15.2. The zero-order valence-corrected chi connectivity index (χ0v) is 36.8. The van der Waals surface area contributed by atoms with Gasteiger partial charge < -0.3 is 23.1 Å². The summed E-state index contributed by atoms with van der Waals surface area (Å²) in [5, 5.41) is 0.358. The Morgan fingerprint density at radius 3 is 2.24 bits per heavy atom. The third kappa shape index (κ3) is 8.10. The molecule has 286 valence electrons. The zero-order chi connectivity index (χ0) is 36.9. The van der Waals surface area contributed by atoms with Crippen LogP contribution >= 0.6 is 0 Å². The number of allylic oxidation sites excluding steroid dienone is 3. The van der Waals surface area contributed by atoms with Crippen LogP contribution in [0.15, 0.2) is 34.9 Å². The summed E-state index contributed by atoms with van der Waals surface area (Å²) in [5.74, 6) is 1.72. The van der Waals surface area contributed by atoms with Gasteiger partial charge in [0.15, 0.2) is 22.9 Å². The van der Waals surface area contributed by atoms with Gasteiger partial charge in [0.05, 0.1) is 31.5 Å². The molecule has 9 atom stereocenters. The molecular weight excluding hydrogens is 653 g/mol. The second-order valence-electron chi connectivity index (χ2n) is 20.5. The van der Waals surface area contributed by atoms with Crippen LogP contribution in [0.3, 0.4) is 0 Å². The first kappa shape index (κ1) is 40.6. The van der Waals surface area contributed by atoms with Crippen LogP contribution in [0, 0.1) is 28.6 Å². The van der Waals surface area contributed by atoms with E-state index in [4.69, 9.17) is 23.1 Å². The van der Waals surface area contributed by atoms with Gasteiger partial charge in [-0.05, 0) is 137 Å². The Bertz CT molecular complexity index is 1280. The van der Waals surface area contributed by atoms with Crippen LogP contribution in [-0.4, -0.2) is 61.1 Å². The van der Waals surface area contributed by atoms with Gasteiger partial charge in [-0.25, -0.2) is 0 Å². The maximum Gasteiger partial charge on any atom is 0.192 e. The van der Waals surface area contributed by atoms with Crippen molar-refractivity contribution in [1.82, 2.24) is 0 Å².